The van der Waals surface area contributed by atoms with E-state index < -0.39 is 0 Å². The number of halogens is 1. The molecule has 0 aliphatic carbocycles. The van der Waals surface area contributed by atoms with Crippen LogP contribution in [0, 0.1) is 11.3 Å². The number of nitriles is 1. The Balaban J connectivity index is 1.85. The first-order chi connectivity index (χ1) is 14.4. The third-order valence-corrected chi connectivity index (χ3v) is 4.97. The van der Waals surface area contributed by atoms with Crippen molar-refractivity contribution in [3.8, 4) is 17.5 Å². The topological polar surface area (TPSA) is 152 Å². The summed E-state index contributed by atoms with van der Waals surface area (Å²) in [6.07, 6.45) is 3.49. The molecule has 0 amide bonds. The van der Waals surface area contributed by atoms with Crippen molar-refractivity contribution >= 4 is 40.2 Å². The van der Waals surface area contributed by atoms with Crippen LogP contribution >= 0.6 is 11.6 Å². The molecule has 4 aromatic rings. The van der Waals surface area contributed by atoms with Crippen LogP contribution in [-0.4, -0.2) is 24.6 Å². The van der Waals surface area contributed by atoms with Gasteiger partial charge in [-0.2, -0.15) is 15.2 Å². The van der Waals surface area contributed by atoms with Crippen molar-refractivity contribution in [2.45, 2.75) is 13.0 Å². The first kappa shape index (κ1) is 19.3. The molecule has 9 nitrogen and oxygen atoms in total. The van der Waals surface area contributed by atoms with E-state index in [1.165, 1.54) is 0 Å². The van der Waals surface area contributed by atoms with Crippen molar-refractivity contribution < 1.29 is 5.11 Å². The predicted octanol–water partition coefficient (Wildman–Crippen LogP) is 3.38. The number of phenolic OH excluding ortho intramolecular Hbond substituents is 1. The van der Waals surface area contributed by atoms with Crippen LogP contribution in [0.3, 0.4) is 0 Å². The van der Waals surface area contributed by atoms with E-state index in [1.807, 2.05) is 29.8 Å². The molecule has 0 fully saturated rings. The highest BCUT2D eigenvalue weighted by atomic mass is 35.5. The van der Waals surface area contributed by atoms with Crippen molar-refractivity contribution in [2.75, 3.05) is 16.8 Å². The van der Waals surface area contributed by atoms with Crippen LogP contribution in [0.5, 0.6) is 5.75 Å². The van der Waals surface area contributed by atoms with Gasteiger partial charge in [-0.15, -0.1) is 0 Å². The molecule has 0 saturated heterocycles. The molecule has 0 radical (unpaired) electrons. The number of aromatic hydroxyl groups is 1. The van der Waals surface area contributed by atoms with Gasteiger partial charge in [-0.25, -0.2) is 4.98 Å². The second kappa shape index (κ2) is 7.42. The van der Waals surface area contributed by atoms with E-state index in [2.05, 4.69) is 20.3 Å². The number of hydrogen-bond donors (Lipinski definition) is 4. The highest BCUT2D eigenvalue weighted by molar-refractivity contribution is 6.35. The zero-order valence-electron chi connectivity index (χ0n) is 15.8. The molecule has 1 unspecified atom stereocenters. The Morgan fingerprint density at radius 1 is 1.27 bits per heavy atom. The Labute approximate surface area is 176 Å². The fraction of sp³-hybridized carbons (Fsp3) is 0.100. The lowest BCUT2D eigenvalue weighted by atomic mass is 10.1. The van der Waals surface area contributed by atoms with Crippen LogP contribution in [0.2, 0.25) is 5.02 Å². The number of pyridine rings is 1. The lowest BCUT2D eigenvalue weighted by molar-refractivity contribution is 0.475. The van der Waals surface area contributed by atoms with Crippen molar-refractivity contribution in [2.24, 2.45) is 0 Å². The van der Waals surface area contributed by atoms with Crippen LogP contribution in [0.4, 0.5) is 17.6 Å². The molecular formula is C20H17ClN8O. The number of hydrogen-bond acceptors (Lipinski definition) is 8. The second-order valence-corrected chi connectivity index (χ2v) is 7.04. The maximum atomic E-state index is 9.88. The zero-order valence-corrected chi connectivity index (χ0v) is 16.6. The van der Waals surface area contributed by atoms with Crippen LogP contribution < -0.4 is 16.8 Å². The van der Waals surface area contributed by atoms with E-state index in [4.69, 9.17) is 23.1 Å². The smallest absolute Gasteiger partial charge is 0.224 e. The Hall–Kier alpha value is -4.03. The SMILES string of the molecule is CC(Nc1nc(N)nc(N)c1C#N)c1cn(-c2cccc(O)c2)c2nccc(Cl)c12. The average Bonchev–Trinajstić information content (AvgIpc) is 3.09. The Bertz CT molecular complexity index is 1310. The molecule has 6 N–H and O–H groups in total. The minimum absolute atomic E-state index is 0.00147. The highest BCUT2D eigenvalue weighted by Crippen LogP contribution is 2.35. The normalized spacial score (nSPS) is 11.9. The molecule has 10 heteroatoms. The van der Waals surface area contributed by atoms with Gasteiger partial charge in [-0.05, 0) is 25.1 Å². The van der Waals surface area contributed by atoms with Gasteiger partial charge in [-0.1, -0.05) is 17.7 Å². The van der Waals surface area contributed by atoms with Gasteiger partial charge in [0.25, 0.3) is 0 Å². The minimum atomic E-state index is -0.339. The Morgan fingerprint density at radius 2 is 2.07 bits per heavy atom. The van der Waals surface area contributed by atoms with Gasteiger partial charge in [0.2, 0.25) is 5.95 Å². The molecule has 4 rings (SSSR count). The number of benzene rings is 1. The number of nitrogen functional groups attached to an aromatic ring is 2. The van der Waals surface area contributed by atoms with Crippen molar-refractivity contribution in [1.29, 1.82) is 5.26 Å². The number of nitrogens with two attached hydrogens (primary N) is 2. The van der Waals surface area contributed by atoms with Crippen molar-refractivity contribution in [1.82, 2.24) is 19.5 Å². The number of nitrogens with one attached hydrogen (secondary N) is 1. The van der Waals surface area contributed by atoms with E-state index >= 15 is 0 Å². The Kier molecular flexibility index (Phi) is 4.77. The first-order valence-electron chi connectivity index (χ1n) is 8.93. The van der Waals surface area contributed by atoms with Crippen LogP contribution in [0.15, 0.2) is 42.7 Å². The predicted molar refractivity (Wildman–Crippen MR) is 115 cm³/mol. The fourth-order valence-corrected chi connectivity index (χ4v) is 3.55. The zero-order chi connectivity index (χ0) is 21.4. The molecule has 0 spiro atoms. The number of rotatable bonds is 4. The molecule has 1 aromatic carbocycles. The summed E-state index contributed by atoms with van der Waals surface area (Å²) in [6, 6.07) is 10.2. The maximum Gasteiger partial charge on any atom is 0.224 e. The van der Waals surface area contributed by atoms with Gasteiger partial charge >= 0.3 is 0 Å². The summed E-state index contributed by atoms with van der Waals surface area (Å²) in [6.45, 7) is 1.89. The van der Waals surface area contributed by atoms with Crippen molar-refractivity contribution in [3.05, 3.63) is 58.9 Å². The molecule has 3 heterocycles. The third-order valence-electron chi connectivity index (χ3n) is 4.66. The minimum Gasteiger partial charge on any atom is -0.508 e. The summed E-state index contributed by atoms with van der Waals surface area (Å²) in [5.74, 6) is 0.327. The van der Waals surface area contributed by atoms with E-state index in [-0.39, 0.29) is 34.9 Å². The molecule has 0 aliphatic rings. The number of phenols is 1. The molecule has 0 aliphatic heterocycles. The van der Waals surface area contributed by atoms with Crippen LogP contribution in [-0.2, 0) is 0 Å². The summed E-state index contributed by atoms with van der Waals surface area (Å²) in [4.78, 5) is 12.4. The second-order valence-electron chi connectivity index (χ2n) is 6.63. The number of fused-ring (bicyclic) bond motifs is 1. The van der Waals surface area contributed by atoms with E-state index in [1.54, 1.807) is 30.5 Å². The highest BCUT2D eigenvalue weighted by Gasteiger charge is 2.21. The molecule has 3 aromatic heterocycles. The molecule has 0 saturated carbocycles. The summed E-state index contributed by atoms with van der Waals surface area (Å²) in [7, 11) is 0. The lowest BCUT2D eigenvalue weighted by Gasteiger charge is -2.16. The van der Waals surface area contributed by atoms with Gasteiger partial charge in [0, 0.05) is 29.4 Å². The lowest BCUT2D eigenvalue weighted by Crippen LogP contribution is -2.13. The average molecular weight is 421 g/mol. The van der Waals surface area contributed by atoms with E-state index in [0.717, 1.165) is 16.6 Å². The molecular weight excluding hydrogens is 404 g/mol. The molecule has 0 bridgehead atoms. The van der Waals surface area contributed by atoms with E-state index in [9.17, 15) is 10.4 Å². The van der Waals surface area contributed by atoms with Gasteiger partial charge in [0.1, 0.15) is 28.8 Å². The summed E-state index contributed by atoms with van der Waals surface area (Å²) in [5, 5.41) is 23.7. The Morgan fingerprint density at radius 3 is 2.80 bits per heavy atom. The number of nitrogens with zero attached hydrogens (tertiary/aromatic N) is 5. The van der Waals surface area contributed by atoms with Crippen molar-refractivity contribution in [3.63, 3.8) is 0 Å². The van der Waals surface area contributed by atoms with Gasteiger partial charge in [0.05, 0.1) is 16.8 Å². The van der Waals surface area contributed by atoms with Gasteiger partial charge in [-0.3, -0.25) is 0 Å². The van der Waals surface area contributed by atoms with E-state index in [0.29, 0.717) is 10.7 Å². The summed E-state index contributed by atoms with van der Waals surface area (Å²) in [5.41, 5.74) is 13.8. The standard InChI is InChI=1S/C20H17ClN8O/c1-10(26-18-13(8-22)17(23)27-20(24)28-18)14-9-29(11-3-2-4-12(30)7-11)19-16(14)15(21)5-6-25-19/h2-7,9-10,30H,1H3,(H5,23,24,26,27,28). The first-order valence-corrected chi connectivity index (χ1v) is 9.31. The molecule has 1 atom stereocenters. The largest absolute Gasteiger partial charge is 0.508 e. The fourth-order valence-electron chi connectivity index (χ4n) is 3.30. The number of anilines is 3. The quantitative estimate of drug-likeness (QED) is 0.392. The van der Waals surface area contributed by atoms with Crippen LogP contribution in [0.1, 0.15) is 24.1 Å². The molecule has 30 heavy (non-hydrogen) atoms. The maximum absolute atomic E-state index is 9.88. The van der Waals surface area contributed by atoms with Gasteiger partial charge < -0.3 is 26.5 Å². The van der Waals surface area contributed by atoms with Gasteiger partial charge in [0.15, 0.2) is 5.82 Å². The summed E-state index contributed by atoms with van der Waals surface area (Å²) >= 11 is 6.50. The van der Waals surface area contributed by atoms with Crippen LogP contribution in [0.25, 0.3) is 16.7 Å². The molecule has 150 valence electrons. The number of aromatic nitrogens is 4. The monoisotopic (exact) mass is 420 g/mol. The third kappa shape index (κ3) is 3.29. The summed E-state index contributed by atoms with van der Waals surface area (Å²) < 4.78 is 1.84.